The van der Waals surface area contributed by atoms with Crippen molar-refractivity contribution in [3.63, 3.8) is 0 Å². The number of fused-ring (bicyclic) bond motifs is 1. The first-order valence-corrected chi connectivity index (χ1v) is 6.72. The Labute approximate surface area is 102 Å². The summed E-state index contributed by atoms with van der Waals surface area (Å²) >= 11 is 3.37. The molecule has 0 aliphatic carbocycles. The van der Waals surface area contributed by atoms with E-state index < -0.39 is 0 Å². The van der Waals surface area contributed by atoms with Crippen molar-refractivity contribution in [1.29, 1.82) is 0 Å². The maximum absolute atomic E-state index is 4.68. The second kappa shape index (κ2) is 3.64. The van der Waals surface area contributed by atoms with Crippen molar-refractivity contribution < 1.29 is 0 Å². The first-order chi connectivity index (χ1) is 7.75. The minimum absolute atomic E-state index is 1.01. The molecule has 0 saturated heterocycles. The molecule has 0 amide bonds. The van der Waals surface area contributed by atoms with Crippen LogP contribution in [0.2, 0.25) is 0 Å². The van der Waals surface area contributed by atoms with Crippen LogP contribution in [0, 0.1) is 13.8 Å². The highest BCUT2D eigenvalue weighted by Gasteiger charge is 2.11. The number of hydrogen-bond acceptors (Lipinski definition) is 4. The van der Waals surface area contributed by atoms with Gasteiger partial charge in [-0.2, -0.15) is 0 Å². The van der Waals surface area contributed by atoms with Gasteiger partial charge in [-0.1, -0.05) is 12.1 Å². The third kappa shape index (κ3) is 1.45. The SMILES string of the molecule is Cc1ccc(C)c2sc(-c3nccs3)nc12. The Hall–Kier alpha value is -1.26. The number of aryl methyl sites for hydroxylation is 2. The van der Waals surface area contributed by atoms with Crippen LogP contribution >= 0.6 is 22.7 Å². The Bertz CT molecular complexity index is 599. The quantitative estimate of drug-likeness (QED) is 0.647. The summed E-state index contributed by atoms with van der Waals surface area (Å²) in [4.78, 5) is 8.99. The van der Waals surface area contributed by atoms with Gasteiger partial charge < -0.3 is 0 Å². The molecule has 2 heterocycles. The zero-order valence-corrected chi connectivity index (χ0v) is 10.7. The van der Waals surface area contributed by atoms with E-state index in [1.807, 2.05) is 11.6 Å². The molecule has 0 radical (unpaired) electrons. The van der Waals surface area contributed by atoms with Crippen molar-refractivity contribution >= 4 is 32.9 Å². The van der Waals surface area contributed by atoms with Gasteiger partial charge in [0.25, 0.3) is 0 Å². The molecule has 0 aliphatic heterocycles. The Balaban J connectivity index is 2.31. The standard InChI is InChI=1S/C12H10N2S2/c1-7-3-4-8(2)10-9(7)14-12(16-10)11-13-5-6-15-11/h3-6H,1-2H3. The van der Waals surface area contributed by atoms with Crippen LogP contribution in [0.3, 0.4) is 0 Å². The highest BCUT2D eigenvalue weighted by molar-refractivity contribution is 7.25. The summed E-state index contributed by atoms with van der Waals surface area (Å²) in [5.41, 5.74) is 3.65. The minimum Gasteiger partial charge on any atom is -0.242 e. The third-order valence-corrected chi connectivity index (χ3v) is 4.66. The van der Waals surface area contributed by atoms with Crippen LogP contribution < -0.4 is 0 Å². The van der Waals surface area contributed by atoms with Gasteiger partial charge in [0.05, 0.1) is 10.2 Å². The lowest BCUT2D eigenvalue weighted by Crippen LogP contribution is -1.79. The fraction of sp³-hybridized carbons (Fsp3) is 0.167. The molecule has 0 aliphatic rings. The fourth-order valence-corrected chi connectivity index (χ4v) is 3.47. The lowest BCUT2D eigenvalue weighted by atomic mass is 10.1. The Morgan fingerprint density at radius 3 is 2.56 bits per heavy atom. The van der Waals surface area contributed by atoms with Gasteiger partial charge in [-0.05, 0) is 25.0 Å². The summed E-state index contributed by atoms with van der Waals surface area (Å²) in [6.07, 6.45) is 1.83. The largest absolute Gasteiger partial charge is 0.242 e. The molecule has 3 rings (SSSR count). The fourth-order valence-electron chi connectivity index (χ4n) is 1.68. The molecule has 1 aromatic carbocycles. The number of hydrogen-bond donors (Lipinski definition) is 0. The molecule has 0 fully saturated rings. The number of rotatable bonds is 1. The Morgan fingerprint density at radius 2 is 1.88 bits per heavy atom. The van der Waals surface area contributed by atoms with Crippen LogP contribution in [0.5, 0.6) is 0 Å². The van der Waals surface area contributed by atoms with Crippen molar-refractivity contribution in [3.8, 4) is 10.0 Å². The topological polar surface area (TPSA) is 25.8 Å². The van der Waals surface area contributed by atoms with E-state index in [1.165, 1.54) is 15.8 Å². The van der Waals surface area contributed by atoms with E-state index in [1.54, 1.807) is 22.7 Å². The van der Waals surface area contributed by atoms with E-state index in [0.29, 0.717) is 0 Å². The lowest BCUT2D eigenvalue weighted by molar-refractivity contribution is 1.36. The normalized spacial score (nSPS) is 11.1. The van der Waals surface area contributed by atoms with E-state index in [-0.39, 0.29) is 0 Å². The van der Waals surface area contributed by atoms with Gasteiger partial charge in [0, 0.05) is 11.6 Å². The molecule has 0 atom stereocenters. The van der Waals surface area contributed by atoms with E-state index in [4.69, 9.17) is 0 Å². The maximum atomic E-state index is 4.68. The van der Waals surface area contributed by atoms with Crippen LogP contribution in [0.25, 0.3) is 20.2 Å². The molecule has 0 bridgehead atoms. The van der Waals surface area contributed by atoms with Crippen LogP contribution in [0.15, 0.2) is 23.7 Å². The molecule has 80 valence electrons. The predicted molar refractivity (Wildman–Crippen MR) is 70.2 cm³/mol. The Morgan fingerprint density at radius 1 is 1.06 bits per heavy atom. The van der Waals surface area contributed by atoms with E-state index >= 15 is 0 Å². The van der Waals surface area contributed by atoms with Gasteiger partial charge in [0.2, 0.25) is 0 Å². The molecular formula is C12H10N2S2. The van der Waals surface area contributed by atoms with Gasteiger partial charge in [-0.15, -0.1) is 22.7 Å². The summed E-state index contributed by atoms with van der Waals surface area (Å²) in [6.45, 7) is 4.23. The number of aromatic nitrogens is 2. The van der Waals surface area contributed by atoms with E-state index in [2.05, 4.69) is 35.9 Å². The summed E-state index contributed by atoms with van der Waals surface area (Å²) < 4.78 is 1.28. The summed E-state index contributed by atoms with van der Waals surface area (Å²) in [5, 5.41) is 4.03. The second-order valence-corrected chi connectivity index (χ2v) is 5.63. The molecule has 0 spiro atoms. The second-order valence-electron chi connectivity index (χ2n) is 3.73. The van der Waals surface area contributed by atoms with E-state index in [0.717, 1.165) is 15.5 Å². The Kier molecular flexibility index (Phi) is 2.26. The highest BCUT2D eigenvalue weighted by Crippen LogP contribution is 2.34. The van der Waals surface area contributed by atoms with Crippen LogP contribution in [-0.2, 0) is 0 Å². The van der Waals surface area contributed by atoms with Gasteiger partial charge in [-0.25, -0.2) is 9.97 Å². The summed E-state index contributed by atoms with van der Waals surface area (Å²) in [5.74, 6) is 0. The number of nitrogens with zero attached hydrogens (tertiary/aromatic N) is 2. The summed E-state index contributed by atoms with van der Waals surface area (Å²) in [6, 6.07) is 4.28. The average molecular weight is 246 g/mol. The van der Waals surface area contributed by atoms with Crippen molar-refractivity contribution in [2.45, 2.75) is 13.8 Å². The van der Waals surface area contributed by atoms with Crippen molar-refractivity contribution in [3.05, 3.63) is 34.8 Å². The molecule has 2 aromatic heterocycles. The summed E-state index contributed by atoms with van der Waals surface area (Å²) in [7, 11) is 0. The number of thiazole rings is 2. The highest BCUT2D eigenvalue weighted by atomic mass is 32.1. The molecule has 4 heteroatoms. The van der Waals surface area contributed by atoms with Gasteiger partial charge in [0.1, 0.15) is 0 Å². The molecule has 0 N–H and O–H groups in total. The lowest BCUT2D eigenvalue weighted by Gasteiger charge is -1.96. The molecule has 16 heavy (non-hydrogen) atoms. The molecule has 3 aromatic rings. The molecule has 0 unspecified atom stereocenters. The van der Waals surface area contributed by atoms with Crippen LogP contribution in [0.1, 0.15) is 11.1 Å². The third-order valence-electron chi connectivity index (χ3n) is 2.56. The average Bonchev–Trinajstić information content (AvgIpc) is 2.90. The minimum atomic E-state index is 1.01. The molecular weight excluding hydrogens is 236 g/mol. The van der Waals surface area contributed by atoms with Crippen LogP contribution in [0.4, 0.5) is 0 Å². The zero-order valence-electron chi connectivity index (χ0n) is 9.02. The maximum Gasteiger partial charge on any atom is 0.153 e. The first-order valence-electron chi connectivity index (χ1n) is 5.02. The van der Waals surface area contributed by atoms with Gasteiger partial charge in [0.15, 0.2) is 10.0 Å². The predicted octanol–water partition coefficient (Wildman–Crippen LogP) is 4.04. The molecule has 2 nitrogen and oxygen atoms in total. The van der Waals surface area contributed by atoms with Crippen molar-refractivity contribution in [2.24, 2.45) is 0 Å². The number of benzene rings is 1. The van der Waals surface area contributed by atoms with Crippen LogP contribution in [-0.4, -0.2) is 9.97 Å². The first kappa shape index (κ1) is 9.93. The van der Waals surface area contributed by atoms with Crippen molar-refractivity contribution in [2.75, 3.05) is 0 Å². The van der Waals surface area contributed by atoms with Gasteiger partial charge >= 0.3 is 0 Å². The van der Waals surface area contributed by atoms with E-state index in [9.17, 15) is 0 Å². The molecule has 0 saturated carbocycles. The smallest absolute Gasteiger partial charge is 0.153 e. The van der Waals surface area contributed by atoms with Gasteiger partial charge in [-0.3, -0.25) is 0 Å². The monoisotopic (exact) mass is 246 g/mol. The zero-order chi connectivity index (χ0) is 11.1. The van der Waals surface area contributed by atoms with Crippen molar-refractivity contribution in [1.82, 2.24) is 9.97 Å².